The summed E-state index contributed by atoms with van der Waals surface area (Å²) >= 11 is 0. The molecule has 0 amide bonds. The molecule has 0 aromatic heterocycles. The van der Waals surface area contributed by atoms with Crippen LogP contribution in [0.4, 0.5) is 0 Å². The Morgan fingerprint density at radius 2 is 0.462 bits per heavy atom. The molecule has 2 atom stereocenters. The highest BCUT2D eigenvalue weighted by atomic mass is 31.2. The van der Waals surface area contributed by atoms with Gasteiger partial charge in [0.1, 0.15) is 23.9 Å². The maximum Gasteiger partial charge on any atom is 0.263 e. The fourth-order valence-corrected chi connectivity index (χ4v) is 29.7. The standard InChI is InChI=1S/C90H120O6P2Si8/c1-69(94-97(91,76-56-80(99(2,3)4)64-81(57-76)100(5,6)7)77-58-82(101(8,9)10)65-83(59-77)102(11,12)13)88(95-90(73-50-38-29-39-51-73,74-52-40-30-41-53-74)75-54-42-31-43-55-75,68-93-89(70-44-32-26-33-45-70,71-46-34-27-35-47-71)72-48-36-28-37-49-72)96-98(92,78-60-84(103(14,15)16)66-85(61-78)104(17,18)19)79-62-86(105(20,21)22)67-87(63-79)106(23,24)25/h26-67,69H,68H2,1-25H3/t69-,88-/m1/s1. The fourth-order valence-electron chi connectivity index (χ4n) is 13.9. The van der Waals surface area contributed by atoms with Crippen LogP contribution < -0.4 is 62.7 Å². The van der Waals surface area contributed by atoms with Gasteiger partial charge in [0.05, 0.1) is 64.6 Å². The number of hydrogen-bond acceptors (Lipinski definition) is 6. The molecule has 0 saturated heterocycles. The van der Waals surface area contributed by atoms with Gasteiger partial charge in [-0.25, -0.2) is 0 Å². The van der Waals surface area contributed by atoms with Crippen LogP contribution in [0.1, 0.15) is 40.3 Å². The predicted molar refractivity (Wildman–Crippen MR) is 483 cm³/mol. The number of ether oxygens (including phenoxy) is 2. The second-order valence-electron chi connectivity index (χ2n) is 37.8. The molecule has 106 heavy (non-hydrogen) atoms. The van der Waals surface area contributed by atoms with E-state index in [1.807, 2.05) is 43.3 Å². The van der Waals surface area contributed by atoms with Gasteiger partial charge in [-0.05, 0) is 88.8 Å². The minimum atomic E-state index is -4.74. The lowest BCUT2D eigenvalue weighted by atomic mass is 9.79. The van der Waals surface area contributed by atoms with Crippen molar-refractivity contribution in [3.05, 3.63) is 288 Å². The summed E-state index contributed by atoms with van der Waals surface area (Å²) in [5, 5.41) is 11.9. The first-order valence-corrected chi connectivity index (χ1v) is 69.3. The van der Waals surface area contributed by atoms with E-state index in [1.54, 1.807) is 0 Å². The molecule has 0 unspecified atom stereocenters. The van der Waals surface area contributed by atoms with Crippen LogP contribution in [-0.4, -0.2) is 83.1 Å². The Balaban J connectivity index is 1.50. The Labute approximate surface area is 646 Å². The van der Waals surface area contributed by atoms with E-state index in [4.69, 9.17) is 18.5 Å². The summed E-state index contributed by atoms with van der Waals surface area (Å²) in [5.74, 6) is -2.38. The third-order valence-corrected chi connectivity index (χ3v) is 42.2. The first kappa shape index (κ1) is 82.7. The lowest BCUT2D eigenvalue weighted by molar-refractivity contribution is -0.293. The summed E-state index contributed by atoms with van der Waals surface area (Å²) in [6.07, 6.45) is -1.42. The smallest absolute Gasteiger partial charge is 0.263 e. The molecule has 10 aromatic rings. The SMILES string of the molecule is C[C@@H](OP(=O)(c1cc([Si](C)(C)C)cc([Si](C)(C)C)c1)c1cc([Si](C)(C)C)cc([Si](C)(C)C)c1)[C@](COC(c1ccccc1)(c1ccccc1)c1ccccc1)(OC(c1ccccc1)(c1ccccc1)c1ccccc1)OP(=O)(c1cc([Si](C)(C)C)cc([Si](C)(C)C)c1)c1cc([Si](C)(C)C)cc([Si](C)(C)C)c1. The molecule has 10 rings (SSSR count). The largest absolute Gasteiger partial charge is 0.355 e. The maximum absolute atomic E-state index is 19.8. The van der Waals surface area contributed by atoms with Crippen LogP contribution in [0.2, 0.25) is 157 Å². The van der Waals surface area contributed by atoms with Crippen molar-refractivity contribution in [1.82, 2.24) is 0 Å². The molecular weight excluding hydrogens is 1460 g/mol. The second-order valence-corrected chi connectivity index (χ2v) is 83.1. The van der Waals surface area contributed by atoms with Gasteiger partial charge in [-0.3, -0.25) is 13.7 Å². The van der Waals surface area contributed by atoms with Gasteiger partial charge in [0.2, 0.25) is 5.79 Å². The molecule has 0 saturated carbocycles. The van der Waals surface area contributed by atoms with Crippen LogP contribution in [0.3, 0.4) is 0 Å². The Hall–Kier alpha value is -5.76. The lowest BCUT2D eigenvalue weighted by Crippen LogP contribution is -2.58. The fraction of sp³-hybridized carbons (Fsp3) is 0.333. The minimum Gasteiger partial charge on any atom is -0.355 e. The highest BCUT2D eigenvalue weighted by molar-refractivity contribution is 7.75. The molecule has 0 aliphatic rings. The molecular formula is C90H120O6P2Si8. The molecule has 10 aromatic carbocycles. The summed E-state index contributed by atoms with van der Waals surface area (Å²) in [6.45, 7) is 58.8. The van der Waals surface area contributed by atoms with Crippen LogP contribution in [0.5, 0.6) is 0 Å². The van der Waals surface area contributed by atoms with Gasteiger partial charge < -0.3 is 14.0 Å². The van der Waals surface area contributed by atoms with E-state index in [2.05, 4.69) is 376 Å². The summed E-state index contributed by atoms with van der Waals surface area (Å²) < 4.78 is 74.1. The molecule has 558 valence electrons. The first-order chi connectivity index (χ1) is 49.1. The van der Waals surface area contributed by atoms with E-state index < -0.39 is 109 Å². The van der Waals surface area contributed by atoms with Crippen LogP contribution in [-0.2, 0) is 38.9 Å². The zero-order valence-electron chi connectivity index (χ0n) is 68.4. The Morgan fingerprint density at radius 3 is 0.660 bits per heavy atom. The molecule has 0 fully saturated rings. The first-order valence-electron chi connectivity index (χ1n) is 38.1. The van der Waals surface area contributed by atoms with Crippen LogP contribution >= 0.6 is 14.7 Å². The third kappa shape index (κ3) is 17.8. The number of benzene rings is 10. The van der Waals surface area contributed by atoms with Gasteiger partial charge in [0, 0.05) is 21.2 Å². The normalized spacial score (nSPS) is 14.4. The van der Waals surface area contributed by atoms with E-state index in [9.17, 15) is 0 Å². The highest BCUT2D eigenvalue weighted by Gasteiger charge is 2.58. The van der Waals surface area contributed by atoms with Crippen molar-refractivity contribution in [2.45, 2.75) is 187 Å². The topological polar surface area (TPSA) is 71.1 Å². The van der Waals surface area contributed by atoms with Crippen LogP contribution in [0.15, 0.2) is 255 Å². The predicted octanol–water partition coefficient (Wildman–Crippen LogP) is 18.3. The molecule has 0 aliphatic heterocycles. The van der Waals surface area contributed by atoms with Gasteiger partial charge in [0.25, 0.3) is 14.7 Å². The Morgan fingerprint density at radius 1 is 0.274 bits per heavy atom. The zero-order valence-corrected chi connectivity index (χ0v) is 78.2. The van der Waals surface area contributed by atoms with Crippen LogP contribution in [0.25, 0.3) is 0 Å². The number of rotatable bonds is 28. The van der Waals surface area contributed by atoms with E-state index in [0.717, 1.165) is 33.4 Å². The molecule has 0 bridgehead atoms. The van der Waals surface area contributed by atoms with Crippen molar-refractivity contribution in [2.24, 2.45) is 0 Å². The average molecular weight is 1580 g/mol. The molecule has 0 spiro atoms. The van der Waals surface area contributed by atoms with Gasteiger partial charge in [-0.1, -0.05) is 405 Å². The van der Waals surface area contributed by atoms with Crippen molar-refractivity contribution in [3.8, 4) is 0 Å². The Bertz CT molecular complexity index is 4310. The lowest BCUT2D eigenvalue weighted by Gasteiger charge is -2.49. The van der Waals surface area contributed by atoms with Crippen molar-refractivity contribution < 1.29 is 27.7 Å². The summed E-state index contributed by atoms with van der Waals surface area (Å²) in [6, 6.07) is 90.1. The molecule has 0 heterocycles. The quantitative estimate of drug-likeness (QED) is 0.0211. The molecule has 16 heteroatoms. The molecule has 0 aliphatic carbocycles. The Kier molecular flexibility index (Phi) is 24.1. The molecule has 0 N–H and O–H groups in total. The number of hydrogen-bond donors (Lipinski definition) is 0. The van der Waals surface area contributed by atoms with Crippen molar-refractivity contribution in [3.63, 3.8) is 0 Å². The van der Waals surface area contributed by atoms with E-state index in [-0.39, 0.29) is 0 Å². The minimum absolute atomic E-state index is 0.446. The molecule has 0 radical (unpaired) electrons. The third-order valence-electron chi connectivity index (χ3n) is 21.1. The monoisotopic (exact) mass is 1580 g/mol. The van der Waals surface area contributed by atoms with Gasteiger partial charge in [-0.15, -0.1) is 0 Å². The zero-order chi connectivity index (χ0) is 77.7. The summed E-state index contributed by atoms with van der Waals surface area (Å²) in [5.41, 5.74) is 1.81. The van der Waals surface area contributed by atoms with Crippen molar-refractivity contribution in [2.75, 3.05) is 6.61 Å². The van der Waals surface area contributed by atoms with E-state index in [1.165, 1.54) is 41.5 Å². The average Bonchev–Trinajstić information content (AvgIpc) is 0.716. The van der Waals surface area contributed by atoms with Gasteiger partial charge >= 0.3 is 0 Å². The summed E-state index contributed by atoms with van der Waals surface area (Å²) in [7, 11) is -27.1. The second kappa shape index (κ2) is 30.8. The van der Waals surface area contributed by atoms with Gasteiger partial charge in [0.15, 0.2) is 0 Å². The summed E-state index contributed by atoms with van der Waals surface area (Å²) in [4.78, 5) is 0. The van der Waals surface area contributed by atoms with E-state index in [0.29, 0.717) is 21.2 Å². The van der Waals surface area contributed by atoms with Crippen LogP contribution in [0, 0.1) is 0 Å². The van der Waals surface area contributed by atoms with E-state index >= 15 is 9.13 Å². The maximum atomic E-state index is 19.8. The molecule has 6 nitrogen and oxygen atoms in total. The van der Waals surface area contributed by atoms with Crippen molar-refractivity contribution >= 4 is 142 Å². The van der Waals surface area contributed by atoms with Crippen molar-refractivity contribution in [1.29, 1.82) is 0 Å². The highest BCUT2D eigenvalue weighted by Crippen LogP contribution is 2.58. The van der Waals surface area contributed by atoms with Gasteiger partial charge in [-0.2, -0.15) is 0 Å².